The quantitative estimate of drug-likeness (QED) is 0.898. The zero-order valence-electron chi connectivity index (χ0n) is 12.9. The van der Waals surface area contributed by atoms with Crippen LogP contribution in [0.15, 0.2) is 24.3 Å². The maximum atomic E-state index is 12.4. The van der Waals surface area contributed by atoms with Crippen molar-refractivity contribution in [2.45, 2.75) is 38.8 Å². The number of rotatable bonds is 3. The molecule has 1 fully saturated rings. The minimum absolute atomic E-state index is 0.0348. The van der Waals surface area contributed by atoms with E-state index in [0.29, 0.717) is 18.1 Å². The molecule has 0 aromatic heterocycles. The first-order valence-electron chi connectivity index (χ1n) is 7.54. The Kier molecular flexibility index (Phi) is 5.66. The molecule has 2 N–H and O–H groups in total. The lowest BCUT2D eigenvalue weighted by atomic mass is 10.1. The molecule has 1 heterocycles. The van der Waals surface area contributed by atoms with E-state index >= 15 is 0 Å². The van der Waals surface area contributed by atoms with Crippen LogP contribution in [0.3, 0.4) is 0 Å². The van der Waals surface area contributed by atoms with Crippen LogP contribution >= 0.6 is 11.6 Å². The van der Waals surface area contributed by atoms with Crippen molar-refractivity contribution in [3.63, 3.8) is 0 Å². The molecular formula is C16H22ClN3O2. The summed E-state index contributed by atoms with van der Waals surface area (Å²) in [6.07, 6.45) is 1.79. The predicted molar refractivity (Wildman–Crippen MR) is 86.8 cm³/mol. The molecular weight excluding hydrogens is 302 g/mol. The molecule has 1 aromatic rings. The van der Waals surface area contributed by atoms with E-state index in [1.807, 2.05) is 31.2 Å². The number of carbonyl (C=O) groups is 2. The molecule has 1 saturated heterocycles. The van der Waals surface area contributed by atoms with Crippen molar-refractivity contribution in [3.05, 3.63) is 34.9 Å². The van der Waals surface area contributed by atoms with Crippen LogP contribution in [0, 0.1) is 0 Å². The van der Waals surface area contributed by atoms with Crippen LogP contribution in [0.1, 0.15) is 38.3 Å². The molecule has 2 atom stereocenters. The predicted octanol–water partition coefficient (Wildman–Crippen LogP) is 2.71. The van der Waals surface area contributed by atoms with Gasteiger partial charge in [0.15, 0.2) is 0 Å². The Labute approximate surface area is 136 Å². The number of likely N-dealkylation sites (tertiary alicyclic amines) is 1. The average Bonchev–Trinajstić information content (AvgIpc) is 2.47. The standard InChI is InChI=1S/C16H22ClN3O2/c1-11(14-7-3-4-8-15(14)17)18-16(22)20-9-5-6-13(10-20)19-12(2)21/h3-4,7-8,11,13H,5-6,9-10H2,1-2H3,(H,18,22)(H,19,21). The van der Waals surface area contributed by atoms with Crippen LogP contribution in [0.5, 0.6) is 0 Å². The number of halogens is 1. The minimum Gasteiger partial charge on any atom is -0.352 e. The summed E-state index contributed by atoms with van der Waals surface area (Å²) in [6, 6.07) is 7.23. The largest absolute Gasteiger partial charge is 0.352 e. The Morgan fingerprint density at radius 2 is 2.09 bits per heavy atom. The first kappa shape index (κ1) is 16.6. The molecule has 120 valence electrons. The Hall–Kier alpha value is -1.75. The SMILES string of the molecule is CC(=O)NC1CCCN(C(=O)NC(C)c2ccccc2Cl)C1. The van der Waals surface area contributed by atoms with Crippen LogP contribution < -0.4 is 10.6 Å². The molecule has 6 heteroatoms. The van der Waals surface area contributed by atoms with Crippen molar-refractivity contribution < 1.29 is 9.59 Å². The molecule has 2 unspecified atom stereocenters. The van der Waals surface area contributed by atoms with Crippen molar-refractivity contribution in [3.8, 4) is 0 Å². The molecule has 0 aliphatic carbocycles. The van der Waals surface area contributed by atoms with Gasteiger partial charge in [-0.3, -0.25) is 4.79 Å². The number of nitrogens with one attached hydrogen (secondary N) is 2. The fraction of sp³-hybridized carbons (Fsp3) is 0.500. The third-order valence-electron chi connectivity index (χ3n) is 3.83. The summed E-state index contributed by atoms with van der Waals surface area (Å²) in [4.78, 5) is 25.3. The van der Waals surface area contributed by atoms with Gasteiger partial charge in [-0.2, -0.15) is 0 Å². The molecule has 0 spiro atoms. The minimum atomic E-state index is -0.164. The number of hydrogen-bond donors (Lipinski definition) is 2. The van der Waals surface area contributed by atoms with Crippen LogP contribution in [0.2, 0.25) is 5.02 Å². The zero-order chi connectivity index (χ0) is 16.1. The first-order chi connectivity index (χ1) is 10.5. The van der Waals surface area contributed by atoms with Gasteiger partial charge >= 0.3 is 6.03 Å². The second-order valence-electron chi connectivity index (χ2n) is 5.68. The zero-order valence-corrected chi connectivity index (χ0v) is 13.7. The Morgan fingerprint density at radius 1 is 1.36 bits per heavy atom. The summed E-state index contributed by atoms with van der Waals surface area (Å²) in [6.45, 7) is 4.66. The number of benzene rings is 1. The second kappa shape index (κ2) is 7.49. The number of urea groups is 1. The Balaban J connectivity index is 1.94. The molecule has 2 rings (SSSR count). The fourth-order valence-electron chi connectivity index (χ4n) is 2.75. The summed E-state index contributed by atoms with van der Waals surface area (Å²) in [7, 11) is 0. The molecule has 1 aliphatic rings. The molecule has 1 aliphatic heterocycles. The van der Waals surface area contributed by atoms with Crippen LogP contribution in [-0.4, -0.2) is 36.0 Å². The maximum absolute atomic E-state index is 12.4. The normalized spacial score (nSPS) is 19.4. The highest BCUT2D eigenvalue weighted by Crippen LogP contribution is 2.22. The van der Waals surface area contributed by atoms with Crippen molar-refractivity contribution in [1.82, 2.24) is 15.5 Å². The third kappa shape index (κ3) is 4.37. The average molecular weight is 324 g/mol. The van der Waals surface area contributed by atoms with E-state index in [1.165, 1.54) is 6.92 Å². The van der Waals surface area contributed by atoms with Gasteiger partial charge in [0.1, 0.15) is 0 Å². The van der Waals surface area contributed by atoms with Gasteiger partial charge in [-0.15, -0.1) is 0 Å². The summed E-state index contributed by atoms with van der Waals surface area (Å²) in [5.41, 5.74) is 0.896. The number of amides is 3. The van der Waals surface area contributed by atoms with E-state index < -0.39 is 0 Å². The van der Waals surface area contributed by atoms with Gasteiger partial charge in [0.2, 0.25) is 5.91 Å². The number of hydrogen-bond acceptors (Lipinski definition) is 2. The van der Waals surface area contributed by atoms with Gasteiger partial charge in [-0.25, -0.2) is 4.79 Å². The van der Waals surface area contributed by atoms with Gasteiger partial charge in [-0.1, -0.05) is 29.8 Å². The highest BCUT2D eigenvalue weighted by atomic mass is 35.5. The lowest BCUT2D eigenvalue weighted by Crippen LogP contribution is -2.52. The number of piperidine rings is 1. The lowest BCUT2D eigenvalue weighted by Gasteiger charge is -2.33. The molecule has 0 saturated carbocycles. The smallest absolute Gasteiger partial charge is 0.317 e. The van der Waals surface area contributed by atoms with Gasteiger partial charge in [-0.05, 0) is 31.4 Å². The Morgan fingerprint density at radius 3 is 2.77 bits per heavy atom. The Bertz CT molecular complexity index is 550. The molecule has 0 radical (unpaired) electrons. The van der Waals surface area contributed by atoms with E-state index in [1.54, 1.807) is 4.90 Å². The first-order valence-corrected chi connectivity index (χ1v) is 7.92. The van der Waals surface area contributed by atoms with Crippen LogP contribution in [0.4, 0.5) is 4.79 Å². The van der Waals surface area contributed by atoms with Gasteiger partial charge in [0.05, 0.1) is 6.04 Å². The highest BCUT2D eigenvalue weighted by molar-refractivity contribution is 6.31. The molecule has 3 amide bonds. The number of carbonyl (C=O) groups excluding carboxylic acids is 2. The van der Waals surface area contributed by atoms with Crippen LogP contribution in [0.25, 0.3) is 0 Å². The molecule has 1 aromatic carbocycles. The van der Waals surface area contributed by atoms with E-state index in [0.717, 1.165) is 18.4 Å². The summed E-state index contributed by atoms with van der Waals surface area (Å²) in [5, 5.41) is 6.49. The third-order valence-corrected chi connectivity index (χ3v) is 4.17. The van der Waals surface area contributed by atoms with Crippen molar-refractivity contribution in [1.29, 1.82) is 0 Å². The van der Waals surface area contributed by atoms with Crippen molar-refractivity contribution in [2.75, 3.05) is 13.1 Å². The summed E-state index contributed by atoms with van der Waals surface area (Å²) >= 11 is 6.16. The summed E-state index contributed by atoms with van der Waals surface area (Å²) < 4.78 is 0. The number of nitrogens with zero attached hydrogens (tertiary/aromatic N) is 1. The topological polar surface area (TPSA) is 61.4 Å². The second-order valence-corrected chi connectivity index (χ2v) is 6.09. The van der Waals surface area contributed by atoms with E-state index in [9.17, 15) is 9.59 Å². The van der Waals surface area contributed by atoms with Gasteiger partial charge < -0.3 is 15.5 Å². The van der Waals surface area contributed by atoms with Gasteiger partial charge in [0.25, 0.3) is 0 Å². The van der Waals surface area contributed by atoms with Crippen molar-refractivity contribution in [2.24, 2.45) is 0 Å². The van der Waals surface area contributed by atoms with E-state index in [2.05, 4.69) is 10.6 Å². The monoisotopic (exact) mass is 323 g/mol. The molecule has 0 bridgehead atoms. The lowest BCUT2D eigenvalue weighted by molar-refractivity contribution is -0.119. The van der Waals surface area contributed by atoms with E-state index in [4.69, 9.17) is 11.6 Å². The van der Waals surface area contributed by atoms with Gasteiger partial charge in [0, 0.05) is 31.1 Å². The molecule has 22 heavy (non-hydrogen) atoms. The van der Waals surface area contributed by atoms with Crippen LogP contribution in [-0.2, 0) is 4.79 Å². The summed E-state index contributed by atoms with van der Waals surface area (Å²) in [5.74, 6) is -0.0586. The maximum Gasteiger partial charge on any atom is 0.317 e. The highest BCUT2D eigenvalue weighted by Gasteiger charge is 2.25. The molecule has 5 nitrogen and oxygen atoms in total. The van der Waals surface area contributed by atoms with Crippen molar-refractivity contribution >= 4 is 23.5 Å². The fourth-order valence-corrected chi connectivity index (χ4v) is 3.05. The van der Waals surface area contributed by atoms with E-state index in [-0.39, 0.29) is 24.0 Å².